The molecular formula is C33H30N2. The first-order valence-corrected chi connectivity index (χ1v) is 12.5. The van der Waals surface area contributed by atoms with Gasteiger partial charge in [-0.1, -0.05) is 74.4 Å². The standard InChI is InChI=1S/C33H30N2/c1-5-11-26-21(4)34-33(32-23-16-15-22(19-23)31(26)32)24-17-18-28-27(12-6-2)29(7-3)35(30(28)20-24)25-13-9-8-10-14-25/h5-14,17-18,20,22-23H,1,3-4,15-16,19H2,2H3/b12-6-,26-11+. The number of rotatable bonds is 5. The van der Waals surface area contributed by atoms with E-state index >= 15 is 0 Å². The first-order valence-electron chi connectivity index (χ1n) is 12.5. The van der Waals surface area contributed by atoms with E-state index in [2.05, 4.69) is 98.0 Å². The Hall–Kier alpha value is -3.91. The van der Waals surface area contributed by atoms with E-state index in [1.165, 1.54) is 52.1 Å². The van der Waals surface area contributed by atoms with Gasteiger partial charge in [0.2, 0.25) is 0 Å². The predicted molar refractivity (Wildman–Crippen MR) is 150 cm³/mol. The molecule has 172 valence electrons. The van der Waals surface area contributed by atoms with Crippen molar-refractivity contribution in [3.05, 3.63) is 107 Å². The minimum absolute atomic E-state index is 0.592. The number of allylic oxidation sites excluding steroid dienone is 2. The molecule has 0 N–H and O–H groups in total. The summed E-state index contributed by atoms with van der Waals surface area (Å²) in [6.45, 7) is 14.5. The molecule has 2 bridgehead atoms. The van der Waals surface area contributed by atoms with Crippen LogP contribution in [0, 0.1) is 0 Å². The fraction of sp³-hybridized carbons (Fsp3) is 0.182. The maximum Gasteiger partial charge on any atom is 0.0747 e. The molecule has 0 spiro atoms. The zero-order valence-electron chi connectivity index (χ0n) is 20.3. The van der Waals surface area contributed by atoms with Crippen LogP contribution in [-0.2, 0) is 0 Å². The molecule has 0 amide bonds. The van der Waals surface area contributed by atoms with E-state index in [4.69, 9.17) is 4.98 Å². The van der Waals surface area contributed by atoms with Crippen molar-refractivity contribution in [3.8, 4) is 16.9 Å². The van der Waals surface area contributed by atoms with Gasteiger partial charge < -0.3 is 4.57 Å². The maximum atomic E-state index is 5.11. The molecule has 4 aromatic rings. The first-order chi connectivity index (χ1) is 17.2. The lowest BCUT2D eigenvalue weighted by Crippen LogP contribution is -2.33. The molecule has 6 rings (SSSR count). The van der Waals surface area contributed by atoms with E-state index in [1.807, 2.05) is 12.2 Å². The van der Waals surface area contributed by atoms with Crippen LogP contribution in [-0.4, -0.2) is 9.55 Å². The van der Waals surface area contributed by atoms with E-state index < -0.39 is 0 Å². The third-order valence-electron chi connectivity index (χ3n) is 7.79. The number of fused-ring (bicyclic) bond motifs is 6. The Morgan fingerprint density at radius 2 is 1.77 bits per heavy atom. The highest BCUT2D eigenvalue weighted by molar-refractivity contribution is 5.97. The Kier molecular flexibility index (Phi) is 5.18. The molecule has 2 heterocycles. The Balaban J connectivity index is 1.67. The highest BCUT2D eigenvalue weighted by Crippen LogP contribution is 2.54. The van der Waals surface area contributed by atoms with Crippen molar-refractivity contribution in [3.63, 3.8) is 0 Å². The molecule has 1 fully saturated rings. The Bertz CT molecular complexity index is 1630. The molecule has 0 aliphatic heterocycles. The van der Waals surface area contributed by atoms with Gasteiger partial charge >= 0.3 is 0 Å². The van der Waals surface area contributed by atoms with E-state index in [-0.39, 0.29) is 0 Å². The van der Waals surface area contributed by atoms with Crippen molar-refractivity contribution < 1.29 is 0 Å². The SMILES string of the molecule is C=C/C=c1/c2c(c(-c3ccc4c(/C=C\C)c(C=C)n(-c5ccccc5)c4c3)nc1=C)C1CCC2C1. The molecule has 2 aromatic heterocycles. The second-order valence-corrected chi connectivity index (χ2v) is 9.66. The van der Waals surface area contributed by atoms with Crippen molar-refractivity contribution in [2.75, 3.05) is 0 Å². The topological polar surface area (TPSA) is 17.8 Å². The molecule has 2 aliphatic rings. The molecule has 2 nitrogen and oxygen atoms in total. The molecule has 0 radical (unpaired) electrons. The normalized spacial score (nSPS) is 19.1. The average molecular weight is 455 g/mol. The Labute approximate surface area is 207 Å². The van der Waals surface area contributed by atoms with E-state index in [1.54, 1.807) is 0 Å². The maximum absolute atomic E-state index is 5.11. The number of pyridine rings is 1. The van der Waals surface area contributed by atoms with Gasteiger partial charge in [-0.3, -0.25) is 0 Å². The van der Waals surface area contributed by atoms with Crippen LogP contribution in [0.1, 0.15) is 60.4 Å². The number of hydrogen-bond donors (Lipinski definition) is 0. The molecule has 35 heavy (non-hydrogen) atoms. The number of benzene rings is 2. The molecule has 0 saturated heterocycles. The van der Waals surface area contributed by atoms with Gasteiger partial charge in [0.15, 0.2) is 0 Å². The van der Waals surface area contributed by atoms with Crippen LogP contribution in [0.25, 0.3) is 52.7 Å². The Morgan fingerprint density at radius 1 is 1.00 bits per heavy atom. The van der Waals surface area contributed by atoms with E-state index in [0.29, 0.717) is 11.8 Å². The van der Waals surface area contributed by atoms with Gasteiger partial charge in [-0.25, -0.2) is 4.98 Å². The zero-order chi connectivity index (χ0) is 24.1. The predicted octanol–water partition coefficient (Wildman–Crippen LogP) is 7.11. The van der Waals surface area contributed by atoms with Gasteiger partial charge in [-0.15, -0.1) is 0 Å². The molecule has 2 atom stereocenters. The van der Waals surface area contributed by atoms with Crippen LogP contribution >= 0.6 is 0 Å². The van der Waals surface area contributed by atoms with Gasteiger partial charge in [0.05, 0.1) is 22.3 Å². The summed E-state index contributed by atoms with van der Waals surface area (Å²) in [5, 5.41) is 3.25. The summed E-state index contributed by atoms with van der Waals surface area (Å²) in [7, 11) is 0. The minimum Gasteiger partial charge on any atom is -0.309 e. The van der Waals surface area contributed by atoms with Crippen molar-refractivity contribution in [2.45, 2.75) is 38.0 Å². The van der Waals surface area contributed by atoms with Gasteiger partial charge in [-0.2, -0.15) is 0 Å². The lowest BCUT2D eigenvalue weighted by atomic mass is 9.87. The third kappa shape index (κ3) is 3.20. The fourth-order valence-electron chi connectivity index (χ4n) is 6.44. The smallest absolute Gasteiger partial charge is 0.0747 e. The van der Waals surface area contributed by atoms with Crippen molar-refractivity contribution >= 4 is 35.7 Å². The highest BCUT2D eigenvalue weighted by Gasteiger charge is 2.40. The summed E-state index contributed by atoms with van der Waals surface area (Å²) < 4.78 is 2.32. The van der Waals surface area contributed by atoms with Crippen LogP contribution < -0.4 is 10.6 Å². The number of nitrogens with zero attached hydrogens (tertiary/aromatic N) is 2. The summed E-state index contributed by atoms with van der Waals surface area (Å²) in [5.74, 6) is 1.21. The van der Waals surface area contributed by atoms with Gasteiger partial charge in [-0.05, 0) is 73.4 Å². The minimum atomic E-state index is 0.592. The van der Waals surface area contributed by atoms with Crippen LogP contribution in [0.5, 0.6) is 0 Å². The van der Waals surface area contributed by atoms with Crippen LogP contribution in [0.3, 0.4) is 0 Å². The average Bonchev–Trinajstić information content (AvgIpc) is 3.58. The highest BCUT2D eigenvalue weighted by atomic mass is 15.0. The van der Waals surface area contributed by atoms with Crippen LogP contribution in [0.15, 0.2) is 73.8 Å². The number of aromatic nitrogens is 2. The largest absolute Gasteiger partial charge is 0.309 e. The molecule has 2 aliphatic carbocycles. The molecule has 2 aromatic carbocycles. The summed E-state index contributed by atoms with van der Waals surface area (Å²) in [4.78, 5) is 5.11. The molecule has 2 heteroatoms. The summed E-state index contributed by atoms with van der Waals surface area (Å²) in [5.41, 5.74) is 9.77. The van der Waals surface area contributed by atoms with Gasteiger partial charge in [0.1, 0.15) is 0 Å². The lowest BCUT2D eigenvalue weighted by molar-refractivity contribution is 0.710. The fourth-order valence-corrected chi connectivity index (χ4v) is 6.44. The quantitative estimate of drug-likeness (QED) is 0.314. The Morgan fingerprint density at radius 3 is 2.49 bits per heavy atom. The van der Waals surface area contributed by atoms with Gasteiger partial charge in [0, 0.05) is 27.4 Å². The third-order valence-corrected chi connectivity index (χ3v) is 7.79. The second-order valence-electron chi connectivity index (χ2n) is 9.66. The molecule has 1 saturated carbocycles. The summed E-state index contributed by atoms with van der Waals surface area (Å²) >= 11 is 0. The second kappa shape index (κ2) is 8.39. The summed E-state index contributed by atoms with van der Waals surface area (Å²) in [6.07, 6.45) is 14.0. The van der Waals surface area contributed by atoms with Crippen molar-refractivity contribution in [1.82, 2.24) is 9.55 Å². The molecular weight excluding hydrogens is 424 g/mol. The molecule has 2 unspecified atom stereocenters. The van der Waals surface area contributed by atoms with Crippen molar-refractivity contribution in [2.24, 2.45) is 0 Å². The first kappa shape index (κ1) is 21.6. The van der Waals surface area contributed by atoms with Crippen LogP contribution in [0.2, 0.25) is 0 Å². The van der Waals surface area contributed by atoms with Crippen LogP contribution in [0.4, 0.5) is 0 Å². The monoisotopic (exact) mass is 454 g/mol. The lowest BCUT2D eigenvalue weighted by Gasteiger charge is -2.20. The summed E-state index contributed by atoms with van der Waals surface area (Å²) in [6, 6.07) is 17.3. The number of hydrogen-bond acceptors (Lipinski definition) is 1. The van der Waals surface area contributed by atoms with E-state index in [0.717, 1.165) is 28.0 Å². The van der Waals surface area contributed by atoms with Gasteiger partial charge in [0.25, 0.3) is 0 Å². The number of para-hydroxylation sites is 1. The van der Waals surface area contributed by atoms with Crippen molar-refractivity contribution in [1.29, 1.82) is 0 Å². The van der Waals surface area contributed by atoms with E-state index in [9.17, 15) is 0 Å². The zero-order valence-corrected chi connectivity index (χ0v) is 20.3.